The Morgan fingerprint density at radius 1 is 0.868 bits per heavy atom. The van der Waals surface area contributed by atoms with Gasteiger partial charge in [0.25, 0.3) is 0 Å². The molecule has 0 heterocycles. The molecule has 0 fully saturated rings. The predicted molar refractivity (Wildman–Crippen MR) is 149 cm³/mol. The second-order valence-electron chi connectivity index (χ2n) is 9.18. The second kappa shape index (κ2) is 13.1. The summed E-state index contributed by atoms with van der Waals surface area (Å²) in [5.74, 6) is 0.394. The quantitative estimate of drug-likeness (QED) is 0.365. The summed E-state index contributed by atoms with van der Waals surface area (Å²) in [6.45, 7) is 5.22. The number of nitrogens with zero attached hydrogens (tertiary/aromatic N) is 2. The lowest BCUT2D eigenvalue weighted by atomic mass is 10.1. The Morgan fingerprint density at radius 3 is 1.97 bits per heavy atom. The van der Waals surface area contributed by atoms with E-state index in [0.29, 0.717) is 17.2 Å². The van der Waals surface area contributed by atoms with Crippen LogP contribution in [0.1, 0.15) is 32.8 Å². The number of para-hydroxylation sites is 1. The molecule has 1 N–H and O–H groups in total. The van der Waals surface area contributed by atoms with Crippen molar-refractivity contribution in [1.29, 1.82) is 0 Å². The van der Waals surface area contributed by atoms with E-state index < -0.39 is 28.5 Å². The van der Waals surface area contributed by atoms with Crippen molar-refractivity contribution in [1.82, 2.24) is 10.2 Å². The van der Waals surface area contributed by atoms with Gasteiger partial charge in [0.15, 0.2) is 0 Å². The van der Waals surface area contributed by atoms with Crippen LogP contribution >= 0.6 is 0 Å². The van der Waals surface area contributed by atoms with Gasteiger partial charge in [0.05, 0.1) is 11.9 Å². The number of hydrogen-bond donors (Lipinski definition) is 1. The number of carbonyl (C=O) groups excluding carboxylic acids is 2. The van der Waals surface area contributed by atoms with Crippen LogP contribution in [0.3, 0.4) is 0 Å². The first-order chi connectivity index (χ1) is 18.1. The largest absolute Gasteiger partial charge is 0.457 e. The number of benzene rings is 3. The molecule has 38 heavy (non-hydrogen) atoms. The Labute approximate surface area is 225 Å². The van der Waals surface area contributed by atoms with Crippen LogP contribution in [0.5, 0.6) is 11.5 Å². The first-order valence-corrected chi connectivity index (χ1v) is 14.4. The zero-order valence-electron chi connectivity index (χ0n) is 22.2. The Balaban J connectivity index is 1.84. The van der Waals surface area contributed by atoms with E-state index in [-0.39, 0.29) is 18.5 Å². The summed E-state index contributed by atoms with van der Waals surface area (Å²) in [4.78, 5) is 28.0. The molecule has 3 rings (SSSR count). The van der Waals surface area contributed by atoms with Gasteiger partial charge in [0.2, 0.25) is 21.8 Å². The predicted octanol–water partition coefficient (Wildman–Crippen LogP) is 4.58. The van der Waals surface area contributed by atoms with Gasteiger partial charge in [-0.3, -0.25) is 13.9 Å². The van der Waals surface area contributed by atoms with Crippen LogP contribution < -0.4 is 14.4 Å². The molecule has 0 unspecified atom stereocenters. The third-order valence-electron chi connectivity index (χ3n) is 6.15. The van der Waals surface area contributed by atoms with E-state index in [4.69, 9.17) is 4.74 Å². The van der Waals surface area contributed by atoms with Crippen LogP contribution in [0.2, 0.25) is 0 Å². The van der Waals surface area contributed by atoms with Gasteiger partial charge in [-0.15, -0.1) is 0 Å². The van der Waals surface area contributed by atoms with Gasteiger partial charge in [-0.2, -0.15) is 0 Å². The van der Waals surface area contributed by atoms with Crippen LogP contribution in [0.25, 0.3) is 0 Å². The molecular formula is C29H35N3O5S. The second-order valence-corrected chi connectivity index (χ2v) is 11.1. The fourth-order valence-electron chi connectivity index (χ4n) is 3.75. The van der Waals surface area contributed by atoms with Crippen LogP contribution in [-0.2, 0) is 26.2 Å². The standard InChI is InChI=1S/C29H35N3O5S/c1-5-22(2)30-29(34)23(3)31(20-24-12-8-6-9-13-24)28(33)21-32(38(4,35)36)25-16-18-27(19-17-25)37-26-14-10-7-11-15-26/h6-19,22-23H,5,20-21H2,1-4H3,(H,30,34)/t22-,23-/m0/s1. The van der Waals surface area contributed by atoms with Crippen molar-refractivity contribution >= 4 is 27.5 Å². The zero-order chi connectivity index (χ0) is 27.7. The van der Waals surface area contributed by atoms with E-state index in [2.05, 4.69) is 5.32 Å². The van der Waals surface area contributed by atoms with Gasteiger partial charge in [0, 0.05) is 12.6 Å². The summed E-state index contributed by atoms with van der Waals surface area (Å²) in [6.07, 6.45) is 1.80. The lowest BCUT2D eigenvalue weighted by molar-refractivity contribution is -0.139. The maximum absolute atomic E-state index is 13.6. The van der Waals surface area contributed by atoms with Crippen LogP contribution in [0.4, 0.5) is 5.69 Å². The average molecular weight is 538 g/mol. The average Bonchev–Trinajstić information content (AvgIpc) is 2.91. The molecule has 2 atom stereocenters. The minimum atomic E-state index is -3.82. The highest BCUT2D eigenvalue weighted by Crippen LogP contribution is 2.26. The van der Waals surface area contributed by atoms with Crippen molar-refractivity contribution < 1.29 is 22.7 Å². The van der Waals surface area contributed by atoms with Crippen LogP contribution in [0.15, 0.2) is 84.9 Å². The Bertz CT molecular complexity index is 1300. The number of sulfonamides is 1. The minimum Gasteiger partial charge on any atom is -0.457 e. The third kappa shape index (κ3) is 8.08. The number of nitrogens with one attached hydrogen (secondary N) is 1. The fourth-order valence-corrected chi connectivity index (χ4v) is 4.60. The summed E-state index contributed by atoms with van der Waals surface area (Å²) in [7, 11) is -3.82. The monoisotopic (exact) mass is 537 g/mol. The highest BCUT2D eigenvalue weighted by Gasteiger charge is 2.30. The van der Waals surface area contributed by atoms with E-state index in [1.54, 1.807) is 31.2 Å². The summed E-state index contributed by atoms with van der Waals surface area (Å²) in [5.41, 5.74) is 1.15. The fraction of sp³-hybridized carbons (Fsp3) is 0.310. The normalized spacial score (nSPS) is 12.7. The first-order valence-electron chi connectivity index (χ1n) is 12.5. The summed E-state index contributed by atoms with van der Waals surface area (Å²) < 4.78 is 32.3. The molecule has 9 heteroatoms. The highest BCUT2D eigenvalue weighted by molar-refractivity contribution is 7.92. The molecule has 0 saturated carbocycles. The minimum absolute atomic E-state index is 0.0530. The molecule has 202 valence electrons. The van der Waals surface area contributed by atoms with Gasteiger partial charge in [0.1, 0.15) is 24.1 Å². The van der Waals surface area contributed by atoms with E-state index in [0.717, 1.165) is 22.5 Å². The number of rotatable bonds is 12. The van der Waals surface area contributed by atoms with E-state index in [1.165, 1.54) is 4.90 Å². The van der Waals surface area contributed by atoms with E-state index in [1.807, 2.05) is 74.5 Å². The molecule has 8 nitrogen and oxygen atoms in total. The van der Waals surface area contributed by atoms with Gasteiger partial charge in [-0.1, -0.05) is 55.5 Å². The smallest absolute Gasteiger partial charge is 0.244 e. The van der Waals surface area contributed by atoms with Crippen molar-refractivity contribution in [3.05, 3.63) is 90.5 Å². The Kier molecular flexibility index (Phi) is 9.90. The summed E-state index contributed by atoms with van der Waals surface area (Å²) in [6, 6.07) is 24.1. The number of anilines is 1. The van der Waals surface area contributed by atoms with Gasteiger partial charge in [-0.25, -0.2) is 8.42 Å². The number of hydrogen-bond acceptors (Lipinski definition) is 5. The molecule has 0 aliphatic carbocycles. The lowest BCUT2D eigenvalue weighted by Gasteiger charge is -2.32. The number of carbonyl (C=O) groups is 2. The molecule has 0 aliphatic rings. The Hall–Kier alpha value is -3.85. The third-order valence-corrected chi connectivity index (χ3v) is 7.29. The van der Waals surface area contributed by atoms with Crippen molar-refractivity contribution in [3.63, 3.8) is 0 Å². The van der Waals surface area contributed by atoms with Crippen molar-refractivity contribution in [3.8, 4) is 11.5 Å². The molecule has 0 radical (unpaired) electrons. The molecule has 3 aromatic carbocycles. The molecule has 0 aliphatic heterocycles. The van der Waals surface area contributed by atoms with E-state index in [9.17, 15) is 18.0 Å². The zero-order valence-corrected chi connectivity index (χ0v) is 23.0. The Morgan fingerprint density at radius 2 is 1.42 bits per heavy atom. The molecule has 0 aromatic heterocycles. The number of ether oxygens (including phenoxy) is 1. The van der Waals surface area contributed by atoms with Crippen molar-refractivity contribution in [2.24, 2.45) is 0 Å². The van der Waals surface area contributed by atoms with Gasteiger partial charge >= 0.3 is 0 Å². The first kappa shape index (κ1) is 28.7. The highest BCUT2D eigenvalue weighted by atomic mass is 32.2. The molecular weight excluding hydrogens is 502 g/mol. The summed E-state index contributed by atoms with van der Waals surface area (Å²) in [5, 5.41) is 2.91. The van der Waals surface area contributed by atoms with Gasteiger partial charge < -0.3 is 15.0 Å². The number of amides is 2. The molecule has 0 saturated heterocycles. The topological polar surface area (TPSA) is 96.0 Å². The van der Waals surface area contributed by atoms with Gasteiger partial charge in [-0.05, 0) is 62.2 Å². The van der Waals surface area contributed by atoms with Crippen molar-refractivity contribution in [2.75, 3.05) is 17.1 Å². The molecule has 0 bridgehead atoms. The lowest BCUT2D eigenvalue weighted by Crippen LogP contribution is -2.52. The van der Waals surface area contributed by atoms with Crippen molar-refractivity contribution in [2.45, 2.75) is 45.8 Å². The van der Waals surface area contributed by atoms with E-state index >= 15 is 0 Å². The van der Waals surface area contributed by atoms with Crippen LogP contribution in [0, 0.1) is 0 Å². The molecule has 3 aromatic rings. The van der Waals surface area contributed by atoms with Crippen LogP contribution in [-0.4, -0.2) is 50.0 Å². The maximum Gasteiger partial charge on any atom is 0.244 e. The maximum atomic E-state index is 13.6. The summed E-state index contributed by atoms with van der Waals surface area (Å²) >= 11 is 0. The SMILES string of the molecule is CC[C@H](C)NC(=O)[C@H](C)N(Cc1ccccc1)C(=O)CN(c1ccc(Oc2ccccc2)cc1)S(C)(=O)=O. The molecule has 2 amide bonds. The molecule has 0 spiro atoms.